The second-order valence-electron chi connectivity index (χ2n) is 5.16. The minimum atomic E-state index is -1.13. The molecule has 0 aliphatic rings. The lowest BCUT2D eigenvalue weighted by Crippen LogP contribution is -2.32. The number of amides is 1. The summed E-state index contributed by atoms with van der Waals surface area (Å²) in [6.07, 6.45) is 0. The molecule has 1 amide bonds. The van der Waals surface area contributed by atoms with Crippen LogP contribution in [0, 0.1) is 17.5 Å². The van der Waals surface area contributed by atoms with Crippen LogP contribution in [0.3, 0.4) is 0 Å². The average Bonchev–Trinajstić information content (AvgIpc) is 2.59. The Morgan fingerprint density at radius 3 is 2.64 bits per heavy atom. The van der Waals surface area contributed by atoms with Crippen LogP contribution in [0.15, 0.2) is 41.2 Å². The van der Waals surface area contributed by atoms with Crippen molar-refractivity contribution in [2.45, 2.75) is 6.54 Å². The molecule has 0 bridgehead atoms. The Hall–Kier alpha value is -3.23. The summed E-state index contributed by atoms with van der Waals surface area (Å²) < 4.78 is 40.2. The molecule has 3 aromatic rings. The van der Waals surface area contributed by atoms with Crippen molar-refractivity contribution in [3.8, 4) is 0 Å². The summed E-state index contributed by atoms with van der Waals surface area (Å²) in [6, 6.07) is 6.33. The summed E-state index contributed by atoms with van der Waals surface area (Å²) in [5, 5.41) is 10.0. The van der Waals surface area contributed by atoms with E-state index in [-0.39, 0.29) is 29.6 Å². The summed E-state index contributed by atoms with van der Waals surface area (Å²) in [6.45, 7) is -0.0268. The molecule has 0 fully saturated rings. The maximum atomic E-state index is 13.2. The number of carbonyl (C=O) groups is 1. The molecule has 0 aliphatic carbocycles. The van der Waals surface area contributed by atoms with E-state index in [2.05, 4.69) is 15.6 Å². The Bertz CT molecular complexity index is 1020. The van der Waals surface area contributed by atoms with Gasteiger partial charge in [0.25, 0.3) is 11.5 Å². The standard InChI is InChI=1S/C16H11F3N4O2/c17-10-2-4-14-11(8-10)16(25)23(22-21-14)6-5-20-15(24)9-1-3-12(18)13(19)7-9/h1-4,7-8H,5-6H2,(H,20,24). The summed E-state index contributed by atoms with van der Waals surface area (Å²) in [5.41, 5.74) is -0.349. The Morgan fingerprint density at radius 1 is 1.08 bits per heavy atom. The van der Waals surface area contributed by atoms with E-state index in [1.807, 2.05) is 0 Å². The van der Waals surface area contributed by atoms with Gasteiger partial charge in [-0.1, -0.05) is 5.21 Å². The highest BCUT2D eigenvalue weighted by Crippen LogP contribution is 2.09. The molecule has 0 aliphatic heterocycles. The SMILES string of the molecule is O=C(NCCn1nnc2ccc(F)cc2c1=O)c1ccc(F)c(F)c1. The Kier molecular flexibility index (Phi) is 4.46. The van der Waals surface area contributed by atoms with E-state index in [0.717, 1.165) is 28.9 Å². The molecule has 0 atom stereocenters. The number of halogens is 3. The topological polar surface area (TPSA) is 76.9 Å². The third-order valence-electron chi connectivity index (χ3n) is 3.47. The van der Waals surface area contributed by atoms with Crippen molar-refractivity contribution in [1.29, 1.82) is 0 Å². The number of nitrogens with one attached hydrogen (secondary N) is 1. The molecular weight excluding hydrogens is 337 g/mol. The number of hydrogen-bond donors (Lipinski definition) is 1. The Labute approximate surface area is 138 Å². The molecule has 25 heavy (non-hydrogen) atoms. The van der Waals surface area contributed by atoms with E-state index in [0.29, 0.717) is 0 Å². The van der Waals surface area contributed by atoms with Crippen molar-refractivity contribution in [1.82, 2.24) is 20.3 Å². The fourth-order valence-electron chi connectivity index (χ4n) is 2.21. The van der Waals surface area contributed by atoms with Gasteiger partial charge in [-0.25, -0.2) is 17.9 Å². The zero-order valence-electron chi connectivity index (χ0n) is 12.7. The molecule has 9 heteroatoms. The largest absolute Gasteiger partial charge is 0.350 e. The number of benzene rings is 2. The zero-order valence-corrected chi connectivity index (χ0v) is 12.7. The number of nitrogens with zero attached hydrogens (tertiary/aromatic N) is 3. The molecular formula is C16H11F3N4O2. The lowest BCUT2D eigenvalue weighted by atomic mass is 10.2. The molecule has 6 nitrogen and oxygen atoms in total. The number of aromatic nitrogens is 3. The first-order chi connectivity index (χ1) is 12.0. The van der Waals surface area contributed by atoms with Gasteiger partial charge >= 0.3 is 0 Å². The van der Waals surface area contributed by atoms with E-state index >= 15 is 0 Å². The van der Waals surface area contributed by atoms with Crippen LogP contribution in [0.4, 0.5) is 13.2 Å². The van der Waals surface area contributed by atoms with Gasteiger partial charge in [0.05, 0.1) is 11.9 Å². The molecule has 128 valence electrons. The van der Waals surface area contributed by atoms with Crippen molar-refractivity contribution < 1.29 is 18.0 Å². The number of carbonyl (C=O) groups excluding carboxylic acids is 1. The van der Waals surface area contributed by atoms with Gasteiger partial charge in [0.2, 0.25) is 0 Å². The van der Waals surface area contributed by atoms with Gasteiger partial charge in [-0.15, -0.1) is 5.10 Å². The zero-order chi connectivity index (χ0) is 18.0. The predicted molar refractivity (Wildman–Crippen MR) is 82.4 cm³/mol. The summed E-state index contributed by atoms with van der Waals surface area (Å²) in [4.78, 5) is 24.1. The van der Waals surface area contributed by atoms with Crippen LogP contribution in [0.25, 0.3) is 10.9 Å². The van der Waals surface area contributed by atoms with Crippen molar-refractivity contribution in [2.24, 2.45) is 0 Å². The molecule has 0 saturated carbocycles. The maximum absolute atomic E-state index is 13.2. The molecule has 3 rings (SSSR count). The van der Waals surface area contributed by atoms with Crippen LogP contribution in [0.2, 0.25) is 0 Å². The van der Waals surface area contributed by atoms with Crippen molar-refractivity contribution in [3.63, 3.8) is 0 Å². The molecule has 0 spiro atoms. The first-order valence-electron chi connectivity index (χ1n) is 7.22. The van der Waals surface area contributed by atoms with Gasteiger partial charge < -0.3 is 5.32 Å². The van der Waals surface area contributed by atoms with E-state index in [4.69, 9.17) is 0 Å². The highest BCUT2D eigenvalue weighted by Gasteiger charge is 2.10. The molecule has 2 aromatic carbocycles. The highest BCUT2D eigenvalue weighted by molar-refractivity contribution is 5.94. The second-order valence-corrected chi connectivity index (χ2v) is 5.16. The van der Waals surface area contributed by atoms with Gasteiger partial charge in [0.1, 0.15) is 11.3 Å². The number of rotatable bonds is 4. The van der Waals surface area contributed by atoms with E-state index in [9.17, 15) is 22.8 Å². The van der Waals surface area contributed by atoms with Crippen LogP contribution in [-0.2, 0) is 6.54 Å². The van der Waals surface area contributed by atoms with E-state index < -0.39 is 28.9 Å². The van der Waals surface area contributed by atoms with Crippen LogP contribution in [0.1, 0.15) is 10.4 Å². The van der Waals surface area contributed by atoms with E-state index in [1.165, 1.54) is 12.1 Å². The van der Waals surface area contributed by atoms with Gasteiger partial charge in [-0.2, -0.15) is 0 Å². The smallest absolute Gasteiger partial charge is 0.277 e. The number of fused-ring (bicyclic) bond motifs is 1. The van der Waals surface area contributed by atoms with Crippen molar-refractivity contribution in [2.75, 3.05) is 6.54 Å². The third kappa shape index (κ3) is 3.49. The first kappa shape index (κ1) is 16.6. The Balaban J connectivity index is 1.70. The Morgan fingerprint density at radius 2 is 1.88 bits per heavy atom. The molecule has 1 heterocycles. The molecule has 1 aromatic heterocycles. The van der Waals surface area contributed by atoms with Crippen LogP contribution in [-0.4, -0.2) is 27.4 Å². The average molecular weight is 348 g/mol. The fraction of sp³-hybridized carbons (Fsp3) is 0.125. The summed E-state index contributed by atoms with van der Waals surface area (Å²) in [7, 11) is 0. The fourth-order valence-corrected chi connectivity index (χ4v) is 2.21. The van der Waals surface area contributed by atoms with Gasteiger partial charge in [-0.3, -0.25) is 9.59 Å². The van der Waals surface area contributed by atoms with Crippen LogP contribution < -0.4 is 10.9 Å². The first-order valence-corrected chi connectivity index (χ1v) is 7.22. The highest BCUT2D eigenvalue weighted by atomic mass is 19.2. The van der Waals surface area contributed by atoms with Crippen molar-refractivity contribution >= 4 is 16.8 Å². The molecule has 0 unspecified atom stereocenters. The van der Waals surface area contributed by atoms with Gasteiger partial charge in [0, 0.05) is 12.1 Å². The third-order valence-corrected chi connectivity index (χ3v) is 3.47. The molecule has 0 saturated heterocycles. The van der Waals surface area contributed by atoms with Crippen molar-refractivity contribution in [3.05, 3.63) is 69.8 Å². The quantitative estimate of drug-likeness (QED) is 0.778. The second kappa shape index (κ2) is 6.71. The summed E-state index contributed by atoms with van der Waals surface area (Å²) >= 11 is 0. The number of hydrogen-bond acceptors (Lipinski definition) is 4. The van der Waals surface area contributed by atoms with Crippen LogP contribution >= 0.6 is 0 Å². The van der Waals surface area contributed by atoms with Gasteiger partial charge in [0.15, 0.2) is 11.6 Å². The predicted octanol–water partition coefficient (Wildman–Crippen LogP) is 1.64. The molecule has 1 N–H and O–H groups in total. The lowest BCUT2D eigenvalue weighted by Gasteiger charge is -2.07. The minimum Gasteiger partial charge on any atom is -0.350 e. The molecule has 0 radical (unpaired) electrons. The minimum absolute atomic E-state index is 0.00671. The van der Waals surface area contributed by atoms with Gasteiger partial charge in [-0.05, 0) is 36.4 Å². The normalized spacial score (nSPS) is 10.8. The lowest BCUT2D eigenvalue weighted by molar-refractivity contribution is 0.0951. The van der Waals surface area contributed by atoms with E-state index in [1.54, 1.807) is 0 Å². The van der Waals surface area contributed by atoms with Crippen LogP contribution in [0.5, 0.6) is 0 Å². The summed E-state index contributed by atoms with van der Waals surface area (Å²) in [5.74, 6) is -3.39. The maximum Gasteiger partial charge on any atom is 0.277 e. The monoisotopic (exact) mass is 348 g/mol.